The molecule has 0 saturated carbocycles. The largest absolute Gasteiger partial charge is 0.411 e. The summed E-state index contributed by atoms with van der Waals surface area (Å²) in [5, 5.41) is 6.96. The molecule has 2 aromatic rings. The van der Waals surface area contributed by atoms with Crippen LogP contribution in [-0.2, 0) is 9.53 Å². The number of rotatable bonds is 4. The monoisotopic (exact) mass is 340 g/mol. The third-order valence-corrected chi connectivity index (χ3v) is 3.69. The van der Waals surface area contributed by atoms with E-state index in [4.69, 9.17) is 4.74 Å². The predicted molar refractivity (Wildman–Crippen MR) is 79.2 cm³/mol. The molecule has 0 aliphatic carbocycles. The van der Waals surface area contributed by atoms with Crippen LogP contribution in [0.1, 0.15) is 12.8 Å². The molecular weight excluding hydrogens is 325 g/mol. The zero-order valence-electron chi connectivity index (χ0n) is 12.6. The number of nitrogens with zero attached hydrogens (tertiary/aromatic N) is 3. The summed E-state index contributed by atoms with van der Waals surface area (Å²) in [5.41, 5.74) is 1.61. The Labute approximate surface area is 135 Å². The van der Waals surface area contributed by atoms with E-state index < -0.39 is 18.9 Å². The maximum absolute atomic E-state index is 12.2. The van der Waals surface area contributed by atoms with E-state index in [-0.39, 0.29) is 18.9 Å². The third-order valence-electron chi connectivity index (χ3n) is 3.69. The maximum atomic E-state index is 12.2. The first-order valence-electron chi connectivity index (χ1n) is 7.37. The molecule has 0 spiro atoms. The number of hydrogen-bond donors (Lipinski definition) is 1. The lowest BCUT2D eigenvalue weighted by atomic mass is 10.1. The molecule has 6 nitrogen and oxygen atoms in total. The number of H-pyrrole nitrogens is 1. The number of pyridine rings is 1. The summed E-state index contributed by atoms with van der Waals surface area (Å²) < 4.78 is 41.3. The normalized spacial score (nSPS) is 18.9. The van der Waals surface area contributed by atoms with Crippen LogP contribution in [0.25, 0.3) is 11.3 Å². The van der Waals surface area contributed by atoms with E-state index in [2.05, 4.69) is 15.2 Å². The van der Waals surface area contributed by atoms with Gasteiger partial charge in [-0.2, -0.15) is 18.3 Å². The number of carbonyl (C=O) groups excluding carboxylic acids is 1. The van der Waals surface area contributed by atoms with Gasteiger partial charge in [0.2, 0.25) is 5.91 Å². The molecule has 1 N–H and O–H groups in total. The Morgan fingerprint density at radius 3 is 2.75 bits per heavy atom. The standard InChI is InChI=1S/C15H15F3N4O2/c16-15(17,18)9-24-11-3-6-22(14(23)7-11)13-8-12(20-21-13)10-1-4-19-5-2-10/h1-2,4-5,8,11H,3,6-7,9H2,(H,20,21). The molecule has 1 aliphatic rings. The maximum Gasteiger partial charge on any atom is 0.411 e. The van der Waals surface area contributed by atoms with Crippen LogP contribution in [0.3, 0.4) is 0 Å². The van der Waals surface area contributed by atoms with Gasteiger partial charge in [0.15, 0.2) is 5.82 Å². The van der Waals surface area contributed by atoms with Crippen molar-refractivity contribution in [2.24, 2.45) is 0 Å². The molecule has 9 heteroatoms. The van der Waals surface area contributed by atoms with E-state index >= 15 is 0 Å². The highest BCUT2D eigenvalue weighted by Gasteiger charge is 2.33. The first-order chi connectivity index (χ1) is 11.4. The average molecular weight is 340 g/mol. The van der Waals surface area contributed by atoms with E-state index in [1.165, 1.54) is 4.90 Å². The number of aromatic nitrogens is 3. The van der Waals surface area contributed by atoms with E-state index in [1.54, 1.807) is 30.6 Å². The van der Waals surface area contributed by atoms with Crippen LogP contribution in [0.2, 0.25) is 0 Å². The fraction of sp³-hybridized carbons (Fsp3) is 0.400. The van der Waals surface area contributed by atoms with Crippen LogP contribution >= 0.6 is 0 Å². The number of aromatic amines is 1. The number of nitrogens with one attached hydrogen (secondary N) is 1. The van der Waals surface area contributed by atoms with Gasteiger partial charge in [0.1, 0.15) is 6.61 Å². The Balaban J connectivity index is 1.63. The van der Waals surface area contributed by atoms with Gasteiger partial charge < -0.3 is 4.74 Å². The molecule has 2 aromatic heterocycles. The van der Waals surface area contributed by atoms with E-state index in [9.17, 15) is 18.0 Å². The van der Waals surface area contributed by atoms with Crippen LogP contribution in [0.5, 0.6) is 0 Å². The molecule has 1 unspecified atom stereocenters. The first kappa shape index (κ1) is 16.4. The molecule has 0 aromatic carbocycles. The smallest absolute Gasteiger partial charge is 0.368 e. The summed E-state index contributed by atoms with van der Waals surface area (Å²) in [6, 6.07) is 5.33. The molecule has 3 rings (SSSR count). The molecule has 24 heavy (non-hydrogen) atoms. The fourth-order valence-electron chi connectivity index (χ4n) is 2.53. The SMILES string of the molecule is O=C1CC(OCC(F)(F)F)CCN1c1cc(-c2ccncc2)[nH]n1. The van der Waals surface area contributed by atoms with Gasteiger partial charge >= 0.3 is 6.18 Å². The highest BCUT2D eigenvalue weighted by Crippen LogP contribution is 2.26. The fourth-order valence-corrected chi connectivity index (χ4v) is 2.53. The van der Waals surface area contributed by atoms with Crippen molar-refractivity contribution >= 4 is 11.7 Å². The van der Waals surface area contributed by atoms with Crippen LogP contribution in [0, 0.1) is 0 Å². The Morgan fingerprint density at radius 2 is 2.08 bits per heavy atom. The zero-order chi connectivity index (χ0) is 17.2. The van der Waals surface area contributed by atoms with Crippen LogP contribution in [0.15, 0.2) is 30.6 Å². The molecule has 1 amide bonds. The average Bonchev–Trinajstić information content (AvgIpc) is 3.03. The number of anilines is 1. The van der Waals surface area contributed by atoms with Crippen molar-refractivity contribution in [1.82, 2.24) is 15.2 Å². The summed E-state index contributed by atoms with van der Waals surface area (Å²) in [4.78, 5) is 17.6. The Morgan fingerprint density at radius 1 is 1.33 bits per heavy atom. The number of ether oxygens (including phenoxy) is 1. The van der Waals surface area contributed by atoms with Gasteiger partial charge in [-0.15, -0.1) is 0 Å². The number of amides is 1. The summed E-state index contributed by atoms with van der Waals surface area (Å²) >= 11 is 0. The van der Waals surface area contributed by atoms with Crippen molar-refractivity contribution < 1.29 is 22.7 Å². The number of carbonyl (C=O) groups is 1. The third kappa shape index (κ3) is 3.91. The van der Waals surface area contributed by atoms with Gasteiger partial charge in [-0.05, 0) is 18.6 Å². The minimum absolute atomic E-state index is 0.0898. The summed E-state index contributed by atoms with van der Waals surface area (Å²) in [7, 11) is 0. The predicted octanol–water partition coefficient (Wildman–Crippen LogP) is 2.55. The summed E-state index contributed by atoms with van der Waals surface area (Å²) in [6.45, 7) is -1.07. The van der Waals surface area contributed by atoms with Gasteiger partial charge in [0, 0.05) is 30.6 Å². The van der Waals surface area contributed by atoms with Crippen molar-refractivity contribution in [3.63, 3.8) is 0 Å². The highest BCUT2D eigenvalue weighted by atomic mass is 19.4. The number of halogens is 3. The second kappa shape index (κ2) is 6.60. The summed E-state index contributed by atoms with van der Waals surface area (Å²) in [6.07, 6.45) is -1.57. The van der Waals surface area contributed by atoms with Gasteiger partial charge in [0.05, 0.1) is 18.2 Å². The van der Waals surface area contributed by atoms with E-state index in [0.29, 0.717) is 12.2 Å². The van der Waals surface area contributed by atoms with Crippen molar-refractivity contribution in [3.8, 4) is 11.3 Å². The molecule has 1 fully saturated rings. The molecule has 0 radical (unpaired) electrons. The number of alkyl halides is 3. The Hall–Kier alpha value is -2.42. The highest BCUT2D eigenvalue weighted by molar-refractivity contribution is 5.94. The van der Waals surface area contributed by atoms with Gasteiger partial charge in [-0.1, -0.05) is 0 Å². The lowest BCUT2D eigenvalue weighted by Crippen LogP contribution is -2.42. The molecule has 1 saturated heterocycles. The second-order valence-corrected chi connectivity index (χ2v) is 5.46. The molecule has 128 valence electrons. The van der Waals surface area contributed by atoms with Crippen LogP contribution in [-0.4, -0.2) is 46.5 Å². The van der Waals surface area contributed by atoms with Crippen LogP contribution in [0.4, 0.5) is 19.0 Å². The van der Waals surface area contributed by atoms with Gasteiger partial charge in [0.25, 0.3) is 0 Å². The zero-order valence-corrected chi connectivity index (χ0v) is 12.6. The lowest BCUT2D eigenvalue weighted by Gasteiger charge is -2.30. The first-order valence-corrected chi connectivity index (χ1v) is 7.37. The van der Waals surface area contributed by atoms with Gasteiger partial charge in [-0.25, -0.2) is 0 Å². The van der Waals surface area contributed by atoms with E-state index in [0.717, 1.165) is 11.3 Å². The molecule has 0 bridgehead atoms. The molecule has 1 aliphatic heterocycles. The van der Waals surface area contributed by atoms with Crippen LogP contribution < -0.4 is 4.90 Å². The Bertz CT molecular complexity index is 702. The number of piperidine rings is 1. The lowest BCUT2D eigenvalue weighted by molar-refractivity contribution is -0.187. The topological polar surface area (TPSA) is 71.1 Å². The molecule has 3 heterocycles. The van der Waals surface area contributed by atoms with Crippen molar-refractivity contribution in [2.45, 2.75) is 25.1 Å². The van der Waals surface area contributed by atoms with Crippen molar-refractivity contribution in [1.29, 1.82) is 0 Å². The van der Waals surface area contributed by atoms with Crippen molar-refractivity contribution in [3.05, 3.63) is 30.6 Å². The van der Waals surface area contributed by atoms with Gasteiger partial charge in [-0.3, -0.25) is 19.8 Å². The Kier molecular flexibility index (Phi) is 4.52. The number of hydrogen-bond acceptors (Lipinski definition) is 4. The summed E-state index contributed by atoms with van der Waals surface area (Å²) in [5.74, 6) is 0.141. The quantitative estimate of drug-likeness (QED) is 0.928. The minimum Gasteiger partial charge on any atom is -0.368 e. The second-order valence-electron chi connectivity index (χ2n) is 5.46. The molecular formula is C15H15F3N4O2. The van der Waals surface area contributed by atoms with Crippen molar-refractivity contribution in [2.75, 3.05) is 18.1 Å². The minimum atomic E-state index is -4.39. The molecule has 1 atom stereocenters. The van der Waals surface area contributed by atoms with E-state index in [1.807, 2.05) is 0 Å².